The molecule has 0 saturated carbocycles. The molecule has 0 amide bonds. The molecule has 0 heterocycles. The van der Waals surface area contributed by atoms with Gasteiger partial charge in [0.1, 0.15) is 16.0 Å². The summed E-state index contributed by atoms with van der Waals surface area (Å²) in [5, 5.41) is 7.54. The Morgan fingerprint density at radius 3 is 2.35 bits per heavy atom. The first-order valence-corrected chi connectivity index (χ1v) is 6.64. The number of rotatable bonds is 4. The lowest BCUT2D eigenvalue weighted by molar-refractivity contribution is 0.291. The predicted octanol–water partition coefficient (Wildman–Crippen LogP) is 0.363. The number of hydrogen-bond donors (Lipinski definition) is 2. The van der Waals surface area contributed by atoms with E-state index in [2.05, 4.69) is 0 Å². The van der Waals surface area contributed by atoms with E-state index < -0.39 is 21.8 Å². The van der Waals surface area contributed by atoms with Gasteiger partial charge in [0.25, 0.3) is 0 Å². The molecule has 0 fully saturated rings. The highest BCUT2D eigenvalue weighted by molar-refractivity contribution is 7.92. The van der Waals surface area contributed by atoms with Crippen molar-refractivity contribution in [3.63, 3.8) is 0 Å². The summed E-state index contributed by atoms with van der Waals surface area (Å²) in [6.07, 6.45) is 0. The summed E-state index contributed by atoms with van der Waals surface area (Å²) in [5.74, 6) is 0.247. The Hall–Kier alpha value is -1.11. The highest BCUT2D eigenvalue weighted by atomic mass is 32.2. The smallest absolute Gasteiger partial charge is 0.199 e. The predicted molar refractivity (Wildman–Crippen MR) is 64.7 cm³/mol. The highest BCUT2D eigenvalue weighted by Gasteiger charge is 2.27. The maximum Gasteiger partial charge on any atom is 0.199 e. The van der Waals surface area contributed by atoms with Gasteiger partial charge in [0.2, 0.25) is 0 Å². The van der Waals surface area contributed by atoms with E-state index in [0.29, 0.717) is 0 Å². The Bertz CT molecular complexity index is 510. The lowest BCUT2D eigenvalue weighted by atomic mass is 10.1. The molecular weight excluding hydrogens is 242 g/mol. The van der Waals surface area contributed by atoms with Crippen molar-refractivity contribution >= 4 is 9.84 Å². The zero-order valence-electron chi connectivity index (χ0n) is 10.1. The van der Waals surface area contributed by atoms with Crippen LogP contribution in [-0.2, 0) is 9.84 Å². The summed E-state index contributed by atoms with van der Waals surface area (Å²) in [5.41, 5.74) is 7.16. The van der Waals surface area contributed by atoms with E-state index in [1.165, 1.54) is 13.2 Å². The monoisotopic (exact) mass is 259 g/mol. The quantitative estimate of drug-likeness (QED) is 0.815. The van der Waals surface area contributed by atoms with Crippen molar-refractivity contribution in [3.05, 3.63) is 23.3 Å². The molecule has 6 heteroatoms. The lowest BCUT2D eigenvalue weighted by Gasteiger charge is -2.15. The maximum atomic E-state index is 12.0. The Kier molecular flexibility index (Phi) is 4.13. The third-order valence-electron chi connectivity index (χ3n) is 2.67. The van der Waals surface area contributed by atoms with Crippen molar-refractivity contribution in [3.8, 4) is 5.75 Å². The van der Waals surface area contributed by atoms with Gasteiger partial charge in [0, 0.05) is 0 Å². The SMILES string of the molecule is COc1cc(C)c(C)cc1S(=O)(=O)C(N)CO. The fourth-order valence-corrected chi connectivity index (χ4v) is 2.69. The molecular formula is C11H17NO4S. The zero-order valence-corrected chi connectivity index (χ0v) is 10.9. The summed E-state index contributed by atoms with van der Waals surface area (Å²) >= 11 is 0. The van der Waals surface area contributed by atoms with Gasteiger partial charge in [-0.1, -0.05) is 0 Å². The minimum Gasteiger partial charge on any atom is -0.495 e. The number of hydrogen-bond acceptors (Lipinski definition) is 5. The number of aliphatic hydroxyl groups is 1. The van der Waals surface area contributed by atoms with Gasteiger partial charge in [-0.25, -0.2) is 8.42 Å². The molecule has 1 unspecified atom stereocenters. The first-order chi connectivity index (χ1) is 7.84. The van der Waals surface area contributed by atoms with Gasteiger partial charge in [-0.05, 0) is 37.1 Å². The molecule has 1 aromatic carbocycles. The van der Waals surface area contributed by atoms with Crippen molar-refractivity contribution in [2.75, 3.05) is 13.7 Å². The highest BCUT2D eigenvalue weighted by Crippen LogP contribution is 2.29. The molecule has 0 saturated heterocycles. The fourth-order valence-electron chi connectivity index (χ4n) is 1.41. The summed E-state index contributed by atoms with van der Waals surface area (Å²) in [6.45, 7) is 3.04. The van der Waals surface area contributed by atoms with Gasteiger partial charge >= 0.3 is 0 Å². The van der Waals surface area contributed by atoms with Crippen molar-refractivity contribution in [1.29, 1.82) is 0 Å². The van der Waals surface area contributed by atoms with E-state index in [1.54, 1.807) is 13.0 Å². The molecule has 0 aliphatic rings. The maximum absolute atomic E-state index is 12.0. The minimum atomic E-state index is -3.77. The topological polar surface area (TPSA) is 89.6 Å². The van der Waals surface area contributed by atoms with Crippen LogP contribution in [-0.4, -0.2) is 32.6 Å². The number of aliphatic hydroxyl groups excluding tert-OH is 1. The zero-order chi connectivity index (χ0) is 13.2. The Balaban J connectivity index is 3.45. The van der Waals surface area contributed by atoms with Crippen LogP contribution in [0.5, 0.6) is 5.75 Å². The molecule has 3 N–H and O–H groups in total. The second-order valence-corrected chi connectivity index (χ2v) is 5.99. The molecule has 1 rings (SSSR count). The number of ether oxygens (including phenoxy) is 1. The van der Waals surface area contributed by atoms with E-state index in [4.69, 9.17) is 15.6 Å². The molecule has 5 nitrogen and oxygen atoms in total. The summed E-state index contributed by atoms with van der Waals surface area (Å²) in [6, 6.07) is 3.16. The standard InChI is InChI=1S/C11H17NO4S/c1-7-4-9(16-3)10(5-8(7)2)17(14,15)11(12)6-13/h4-5,11,13H,6,12H2,1-3H3. The van der Waals surface area contributed by atoms with Crippen LogP contribution < -0.4 is 10.5 Å². The Labute approximate surface area is 101 Å². The van der Waals surface area contributed by atoms with Crippen LogP contribution in [0.4, 0.5) is 0 Å². The third-order valence-corrected chi connectivity index (χ3v) is 4.54. The van der Waals surface area contributed by atoms with Crippen molar-refractivity contribution in [2.45, 2.75) is 24.1 Å². The number of methoxy groups -OCH3 is 1. The molecule has 0 aromatic heterocycles. The first-order valence-electron chi connectivity index (χ1n) is 5.10. The third kappa shape index (κ3) is 2.59. The van der Waals surface area contributed by atoms with E-state index in [1.807, 2.05) is 6.92 Å². The van der Waals surface area contributed by atoms with Gasteiger partial charge in [-0.2, -0.15) is 0 Å². The molecule has 1 aromatic rings. The van der Waals surface area contributed by atoms with E-state index in [0.717, 1.165) is 11.1 Å². The van der Waals surface area contributed by atoms with Crippen LogP contribution in [0.15, 0.2) is 17.0 Å². The summed E-state index contributed by atoms with van der Waals surface area (Å²) in [7, 11) is -2.37. The number of aryl methyl sites for hydroxylation is 2. The minimum absolute atomic E-state index is 0.0182. The van der Waals surface area contributed by atoms with E-state index in [9.17, 15) is 8.42 Å². The van der Waals surface area contributed by atoms with Crippen LogP contribution >= 0.6 is 0 Å². The van der Waals surface area contributed by atoms with Crippen LogP contribution in [0.25, 0.3) is 0 Å². The molecule has 0 spiro atoms. The number of sulfone groups is 1. The van der Waals surface area contributed by atoms with Crippen molar-refractivity contribution in [1.82, 2.24) is 0 Å². The molecule has 17 heavy (non-hydrogen) atoms. The summed E-state index contributed by atoms with van der Waals surface area (Å²) < 4.78 is 29.1. The molecule has 0 radical (unpaired) electrons. The van der Waals surface area contributed by atoms with Crippen molar-refractivity contribution < 1.29 is 18.3 Å². The second-order valence-electron chi connectivity index (χ2n) is 3.85. The molecule has 0 aliphatic carbocycles. The average molecular weight is 259 g/mol. The lowest BCUT2D eigenvalue weighted by Crippen LogP contribution is -2.34. The summed E-state index contributed by atoms with van der Waals surface area (Å²) in [4.78, 5) is 0.0182. The first kappa shape index (κ1) is 14.0. The Morgan fingerprint density at radius 2 is 1.88 bits per heavy atom. The van der Waals surface area contributed by atoms with Gasteiger partial charge in [-0.15, -0.1) is 0 Å². The van der Waals surface area contributed by atoms with Gasteiger partial charge in [0.05, 0.1) is 13.7 Å². The van der Waals surface area contributed by atoms with E-state index >= 15 is 0 Å². The van der Waals surface area contributed by atoms with Gasteiger partial charge in [-0.3, -0.25) is 0 Å². The fraction of sp³-hybridized carbons (Fsp3) is 0.455. The van der Waals surface area contributed by atoms with Gasteiger partial charge in [0.15, 0.2) is 9.84 Å². The molecule has 0 bridgehead atoms. The molecule has 96 valence electrons. The van der Waals surface area contributed by atoms with Crippen LogP contribution in [0.2, 0.25) is 0 Å². The largest absolute Gasteiger partial charge is 0.495 e. The second kappa shape index (κ2) is 5.03. The normalized spacial score (nSPS) is 13.5. The average Bonchev–Trinajstić information content (AvgIpc) is 2.30. The van der Waals surface area contributed by atoms with Crippen molar-refractivity contribution in [2.24, 2.45) is 5.73 Å². The number of benzene rings is 1. The molecule has 0 aliphatic heterocycles. The van der Waals surface area contributed by atoms with Gasteiger partial charge < -0.3 is 15.6 Å². The molecule has 1 atom stereocenters. The Morgan fingerprint density at radius 1 is 1.35 bits per heavy atom. The van der Waals surface area contributed by atoms with Crippen LogP contribution in [0.3, 0.4) is 0 Å². The van der Waals surface area contributed by atoms with Crippen LogP contribution in [0.1, 0.15) is 11.1 Å². The van der Waals surface area contributed by atoms with Crippen LogP contribution in [0, 0.1) is 13.8 Å². The van der Waals surface area contributed by atoms with E-state index in [-0.39, 0.29) is 10.6 Å². The number of nitrogens with two attached hydrogens (primary N) is 1.